The van der Waals surface area contributed by atoms with Crippen LogP contribution in [-0.4, -0.2) is 16.2 Å². The first-order chi connectivity index (χ1) is 10.2. The molecule has 2 aromatic rings. The molecule has 1 aliphatic rings. The Bertz CT molecular complexity index is 599. The Balaban J connectivity index is 1.62. The standard InChI is InChI=1S/C16H20FN3O/c1-11-5-2-3-8-14(11)18-10-15-19-20-16(21-15)12-6-4-7-13(17)9-12/h4,6-7,9,11,14,18H,2-3,5,8,10H2,1H3/t11-,14+/m0/s1. The van der Waals surface area contributed by atoms with E-state index in [4.69, 9.17) is 4.42 Å². The molecule has 1 fully saturated rings. The van der Waals surface area contributed by atoms with E-state index in [9.17, 15) is 4.39 Å². The smallest absolute Gasteiger partial charge is 0.247 e. The summed E-state index contributed by atoms with van der Waals surface area (Å²) in [5.41, 5.74) is 0.611. The van der Waals surface area contributed by atoms with Gasteiger partial charge in [0, 0.05) is 11.6 Å². The Morgan fingerprint density at radius 3 is 2.95 bits per heavy atom. The fourth-order valence-electron chi connectivity index (χ4n) is 2.90. The maximum absolute atomic E-state index is 13.2. The number of nitrogens with zero attached hydrogens (tertiary/aromatic N) is 2. The summed E-state index contributed by atoms with van der Waals surface area (Å²) >= 11 is 0. The highest BCUT2D eigenvalue weighted by Crippen LogP contribution is 2.24. The van der Waals surface area contributed by atoms with Crippen LogP contribution in [0, 0.1) is 11.7 Å². The third kappa shape index (κ3) is 3.47. The van der Waals surface area contributed by atoms with E-state index in [0.29, 0.717) is 35.8 Å². The van der Waals surface area contributed by atoms with E-state index >= 15 is 0 Å². The van der Waals surface area contributed by atoms with E-state index in [1.165, 1.54) is 37.8 Å². The van der Waals surface area contributed by atoms with Gasteiger partial charge in [-0.2, -0.15) is 0 Å². The quantitative estimate of drug-likeness (QED) is 0.935. The molecule has 0 aliphatic heterocycles. The number of aromatic nitrogens is 2. The van der Waals surface area contributed by atoms with Gasteiger partial charge in [-0.15, -0.1) is 10.2 Å². The van der Waals surface area contributed by atoms with Gasteiger partial charge in [-0.3, -0.25) is 0 Å². The maximum atomic E-state index is 13.2. The van der Waals surface area contributed by atoms with Crippen molar-refractivity contribution in [1.82, 2.24) is 15.5 Å². The Morgan fingerprint density at radius 2 is 2.14 bits per heavy atom. The second kappa shape index (κ2) is 6.35. The Hall–Kier alpha value is -1.75. The van der Waals surface area contributed by atoms with Gasteiger partial charge in [0.25, 0.3) is 0 Å². The van der Waals surface area contributed by atoms with E-state index in [0.717, 1.165) is 0 Å². The topological polar surface area (TPSA) is 51.0 Å². The minimum atomic E-state index is -0.304. The zero-order valence-corrected chi connectivity index (χ0v) is 12.2. The van der Waals surface area contributed by atoms with Crippen LogP contribution in [0.5, 0.6) is 0 Å². The van der Waals surface area contributed by atoms with Crippen LogP contribution in [0.1, 0.15) is 38.5 Å². The highest BCUT2D eigenvalue weighted by Gasteiger charge is 2.21. The summed E-state index contributed by atoms with van der Waals surface area (Å²) in [5, 5.41) is 11.5. The summed E-state index contributed by atoms with van der Waals surface area (Å²) in [6.07, 6.45) is 5.08. The van der Waals surface area contributed by atoms with Crippen molar-refractivity contribution in [3.63, 3.8) is 0 Å². The van der Waals surface area contributed by atoms with Gasteiger partial charge < -0.3 is 9.73 Å². The lowest BCUT2D eigenvalue weighted by Crippen LogP contribution is -2.36. The first-order valence-corrected chi connectivity index (χ1v) is 7.54. The second-order valence-corrected chi connectivity index (χ2v) is 5.76. The largest absolute Gasteiger partial charge is 0.419 e. The third-order valence-corrected chi connectivity index (χ3v) is 4.17. The van der Waals surface area contributed by atoms with Crippen LogP contribution in [0.3, 0.4) is 0 Å². The average molecular weight is 289 g/mol. The molecule has 1 aromatic heterocycles. The summed E-state index contributed by atoms with van der Waals surface area (Å²) in [6.45, 7) is 2.85. The SMILES string of the molecule is C[C@H]1CCCC[C@H]1NCc1nnc(-c2cccc(F)c2)o1. The van der Waals surface area contributed by atoms with Crippen molar-refractivity contribution in [3.8, 4) is 11.5 Å². The van der Waals surface area contributed by atoms with Crippen LogP contribution in [0.2, 0.25) is 0 Å². The molecule has 0 radical (unpaired) electrons. The molecular weight excluding hydrogens is 269 g/mol. The molecule has 1 N–H and O–H groups in total. The van der Waals surface area contributed by atoms with E-state index in [1.54, 1.807) is 12.1 Å². The molecule has 0 unspecified atom stereocenters. The van der Waals surface area contributed by atoms with Crippen molar-refractivity contribution >= 4 is 0 Å². The van der Waals surface area contributed by atoms with Crippen molar-refractivity contribution in [2.75, 3.05) is 0 Å². The lowest BCUT2D eigenvalue weighted by atomic mass is 9.86. The van der Waals surface area contributed by atoms with Crippen molar-refractivity contribution in [3.05, 3.63) is 36.0 Å². The fraction of sp³-hybridized carbons (Fsp3) is 0.500. The molecule has 0 bridgehead atoms. The molecule has 112 valence electrons. The fourth-order valence-corrected chi connectivity index (χ4v) is 2.90. The molecule has 0 amide bonds. The number of benzene rings is 1. The predicted octanol–water partition coefficient (Wildman–Crippen LogP) is 3.54. The molecule has 5 heteroatoms. The molecule has 0 saturated heterocycles. The molecule has 4 nitrogen and oxygen atoms in total. The van der Waals surface area contributed by atoms with Crippen LogP contribution in [0.15, 0.2) is 28.7 Å². The van der Waals surface area contributed by atoms with Gasteiger partial charge in [-0.25, -0.2) is 4.39 Å². The van der Waals surface area contributed by atoms with E-state index < -0.39 is 0 Å². The maximum Gasteiger partial charge on any atom is 0.247 e. The van der Waals surface area contributed by atoms with E-state index in [2.05, 4.69) is 22.4 Å². The summed E-state index contributed by atoms with van der Waals surface area (Å²) in [4.78, 5) is 0. The van der Waals surface area contributed by atoms with Crippen molar-refractivity contribution < 1.29 is 8.81 Å². The molecule has 1 aliphatic carbocycles. The van der Waals surface area contributed by atoms with Gasteiger partial charge in [-0.05, 0) is 37.0 Å². The molecule has 1 heterocycles. The lowest BCUT2D eigenvalue weighted by molar-refractivity contribution is 0.271. The summed E-state index contributed by atoms with van der Waals surface area (Å²) < 4.78 is 18.8. The van der Waals surface area contributed by atoms with Crippen LogP contribution >= 0.6 is 0 Å². The van der Waals surface area contributed by atoms with Gasteiger partial charge in [-0.1, -0.05) is 25.8 Å². The molecule has 0 spiro atoms. The predicted molar refractivity (Wildman–Crippen MR) is 78.0 cm³/mol. The Labute approximate surface area is 123 Å². The van der Waals surface area contributed by atoms with E-state index in [-0.39, 0.29) is 5.82 Å². The molecule has 1 saturated carbocycles. The van der Waals surface area contributed by atoms with Gasteiger partial charge in [0.2, 0.25) is 11.8 Å². The number of hydrogen-bond acceptors (Lipinski definition) is 4. The number of rotatable bonds is 4. The highest BCUT2D eigenvalue weighted by molar-refractivity contribution is 5.52. The minimum Gasteiger partial charge on any atom is -0.419 e. The number of hydrogen-bond donors (Lipinski definition) is 1. The van der Waals surface area contributed by atoms with E-state index in [1.807, 2.05) is 0 Å². The second-order valence-electron chi connectivity index (χ2n) is 5.76. The normalized spacial score (nSPS) is 22.4. The first kappa shape index (κ1) is 14.2. The van der Waals surface area contributed by atoms with Crippen molar-refractivity contribution in [2.24, 2.45) is 5.92 Å². The Kier molecular flexibility index (Phi) is 4.29. The van der Waals surface area contributed by atoms with Crippen LogP contribution < -0.4 is 5.32 Å². The monoisotopic (exact) mass is 289 g/mol. The zero-order chi connectivity index (χ0) is 14.7. The van der Waals surface area contributed by atoms with Gasteiger partial charge in [0.05, 0.1) is 6.54 Å². The molecule has 2 atom stereocenters. The van der Waals surface area contributed by atoms with Gasteiger partial charge in [0.15, 0.2) is 0 Å². The molecular formula is C16H20FN3O. The van der Waals surface area contributed by atoms with Crippen molar-refractivity contribution in [2.45, 2.75) is 45.2 Å². The van der Waals surface area contributed by atoms with Crippen molar-refractivity contribution in [1.29, 1.82) is 0 Å². The summed E-state index contributed by atoms with van der Waals surface area (Å²) in [7, 11) is 0. The number of nitrogens with one attached hydrogen (secondary N) is 1. The summed E-state index contributed by atoms with van der Waals surface area (Å²) in [5.74, 6) is 1.29. The first-order valence-electron chi connectivity index (χ1n) is 7.54. The van der Waals surface area contributed by atoms with Gasteiger partial charge >= 0.3 is 0 Å². The minimum absolute atomic E-state index is 0.304. The van der Waals surface area contributed by atoms with Crippen LogP contribution in [0.4, 0.5) is 4.39 Å². The van der Waals surface area contributed by atoms with Crippen LogP contribution in [0.25, 0.3) is 11.5 Å². The highest BCUT2D eigenvalue weighted by atomic mass is 19.1. The lowest BCUT2D eigenvalue weighted by Gasteiger charge is -2.29. The summed E-state index contributed by atoms with van der Waals surface area (Å²) in [6, 6.07) is 6.71. The average Bonchev–Trinajstić information content (AvgIpc) is 2.95. The number of halogens is 1. The zero-order valence-electron chi connectivity index (χ0n) is 12.2. The Morgan fingerprint density at radius 1 is 1.29 bits per heavy atom. The molecule has 1 aromatic carbocycles. The molecule has 21 heavy (non-hydrogen) atoms. The molecule has 3 rings (SSSR count). The van der Waals surface area contributed by atoms with Crippen LogP contribution in [-0.2, 0) is 6.54 Å². The third-order valence-electron chi connectivity index (χ3n) is 4.17. The van der Waals surface area contributed by atoms with Gasteiger partial charge in [0.1, 0.15) is 5.82 Å².